The molecule has 0 heterocycles. The maximum Gasteiger partial charge on any atom is 0.330 e. The third-order valence-electron chi connectivity index (χ3n) is 2.81. The molecule has 0 aliphatic carbocycles. The first-order chi connectivity index (χ1) is 9.24. The predicted octanol–water partition coefficient (Wildman–Crippen LogP) is 3.28. The Morgan fingerprint density at radius 2 is 1.55 bits per heavy atom. The van der Waals surface area contributed by atoms with Crippen molar-refractivity contribution in [2.45, 2.75) is 47.6 Å². The van der Waals surface area contributed by atoms with Crippen LogP contribution in [0.15, 0.2) is 24.3 Å². The van der Waals surface area contributed by atoms with Crippen LogP contribution in [0, 0.1) is 11.3 Å². The lowest BCUT2D eigenvalue weighted by Gasteiger charge is -2.35. The van der Waals surface area contributed by atoms with Crippen LogP contribution in [0.3, 0.4) is 0 Å². The van der Waals surface area contributed by atoms with Gasteiger partial charge in [0, 0.05) is 17.6 Å². The first-order valence-corrected chi connectivity index (χ1v) is 6.87. The van der Waals surface area contributed by atoms with E-state index in [2.05, 4.69) is 0 Å². The van der Waals surface area contributed by atoms with Crippen molar-refractivity contribution in [2.75, 3.05) is 6.61 Å². The SMILES string of the molecule is CC=CC(=O)OCC(C)(C)C(OC(=O)C=CC)C(C)C. The number of carbonyl (C=O) groups is 2. The van der Waals surface area contributed by atoms with Crippen molar-refractivity contribution in [1.29, 1.82) is 0 Å². The molecule has 114 valence electrons. The Bertz CT molecular complexity index is 378. The molecule has 0 radical (unpaired) electrons. The minimum atomic E-state index is -0.456. The van der Waals surface area contributed by atoms with Gasteiger partial charge in [0.2, 0.25) is 0 Å². The second kappa shape index (κ2) is 8.56. The molecule has 0 saturated heterocycles. The summed E-state index contributed by atoms with van der Waals surface area (Å²) in [7, 11) is 0. The van der Waals surface area contributed by atoms with E-state index >= 15 is 0 Å². The van der Waals surface area contributed by atoms with Gasteiger partial charge < -0.3 is 9.47 Å². The number of rotatable bonds is 7. The highest BCUT2D eigenvalue weighted by atomic mass is 16.6. The van der Waals surface area contributed by atoms with E-state index in [1.165, 1.54) is 12.2 Å². The summed E-state index contributed by atoms with van der Waals surface area (Å²) < 4.78 is 10.7. The Morgan fingerprint density at radius 3 is 2.00 bits per heavy atom. The molecule has 0 bridgehead atoms. The molecular weight excluding hydrogens is 256 g/mol. The zero-order chi connectivity index (χ0) is 15.8. The topological polar surface area (TPSA) is 52.6 Å². The van der Waals surface area contributed by atoms with E-state index in [1.54, 1.807) is 26.0 Å². The summed E-state index contributed by atoms with van der Waals surface area (Å²) in [5, 5.41) is 0. The fourth-order valence-electron chi connectivity index (χ4n) is 2.02. The molecule has 0 rings (SSSR count). The highest BCUT2D eigenvalue weighted by Crippen LogP contribution is 2.29. The van der Waals surface area contributed by atoms with Gasteiger partial charge in [0.1, 0.15) is 12.7 Å². The fourth-order valence-corrected chi connectivity index (χ4v) is 2.02. The van der Waals surface area contributed by atoms with Crippen molar-refractivity contribution in [3.05, 3.63) is 24.3 Å². The predicted molar refractivity (Wildman–Crippen MR) is 79.1 cm³/mol. The largest absolute Gasteiger partial charge is 0.462 e. The number of carbonyl (C=O) groups excluding carboxylic acids is 2. The van der Waals surface area contributed by atoms with Gasteiger partial charge in [-0.1, -0.05) is 39.8 Å². The van der Waals surface area contributed by atoms with Crippen molar-refractivity contribution in [3.63, 3.8) is 0 Å². The minimum Gasteiger partial charge on any atom is -0.462 e. The Balaban J connectivity index is 4.78. The second-order valence-corrected chi connectivity index (χ2v) is 5.70. The summed E-state index contributed by atoms with van der Waals surface area (Å²) >= 11 is 0. The fraction of sp³-hybridized carbons (Fsp3) is 0.625. The molecule has 0 aromatic heterocycles. The Labute approximate surface area is 121 Å². The van der Waals surface area contributed by atoms with Crippen LogP contribution >= 0.6 is 0 Å². The van der Waals surface area contributed by atoms with Gasteiger partial charge in [0.25, 0.3) is 0 Å². The number of esters is 2. The quantitative estimate of drug-likeness (QED) is 0.531. The van der Waals surface area contributed by atoms with Crippen LogP contribution in [0.2, 0.25) is 0 Å². The van der Waals surface area contributed by atoms with E-state index in [0.717, 1.165) is 0 Å². The summed E-state index contributed by atoms with van der Waals surface area (Å²) in [5.74, 6) is -0.637. The molecule has 0 spiro atoms. The van der Waals surface area contributed by atoms with Crippen LogP contribution in [0.25, 0.3) is 0 Å². The molecule has 0 saturated carbocycles. The lowest BCUT2D eigenvalue weighted by atomic mass is 9.81. The highest BCUT2D eigenvalue weighted by Gasteiger charge is 2.36. The van der Waals surface area contributed by atoms with E-state index in [4.69, 9.17) is 9.47 Å². The van der Waals surface area contributed by atoms with Crippen molar-refractivity contribution in [2.24, 2.45) is 11.3 Å². The van der Waals surface area contributed by atoms with Gasteiger partial charge in [0.15, 0.2) is 0 Å². The highest BCUT2D eigenvalue weighted by molar-refractivity contribution is 5.82. The number of allylic oxidation sites excluding steroid dienone is 2. The van der Waals surface area contributed by atoms with Crippen LogP contribution in [0.1, 0.15) is 41.5 Å². The zero-order valence-corrected chi connectivity index (χ0v) is 13.3. The van der Waals surface area contributed by atoms with E-state index in [9.17, 15) is 9.59 Å². The van der Waals surface area contributed by atoms with Gasteiger partial charge in [-0.25, -0.2) is 9.59 Å². The van der Waals surface area contributed by atoms with Gasteiger partial charge >= 0.3 is 11.9 Å². The van der Waals surface area contributed by atoms with Crippen LogP contribution in [-0.4, -0.2) is 24.6 Å². The van der Waals surface area contributed by atoms with E-state index in [0.29, 0.717) is 0 Å². The molecule has 20 heavy (non-hydrogen) atoms. The maximum atomic E-state index is 11.6. The summed E-state index contributed by atoms with van der Waals surface area (Å²) in [6.07, 6.45) is 5.69. The Morgan fingerprint density at radius 1 is 1.05 bits per heavy atom. The van der Waals surface area contributed by atoms with Gasteiger partial charge in [-0.3, -0.25) is 0 Å². The molecule has 0 fully saturated rings. The first-order valence-electron chi connectivity index (χ1n) is 6.87. The molecule has 0 N–H and O–H groups in total. The maximum absolute atomic E-state index is 11.6. The van der Waals surface area contributed by atoms with Crippen LogP contribution in [-0.2, 0) is 19.1 Å². The van der Waals surface area contributed by atoms with Crippen LogP contribution in [0.4, 0.5) is 0 Å². The summed E-state index contributed by atoms with van der Waals surface area (Å²) in [6, 6.07) is 0. The monoisotopic (exact) mass is 282 g/mol. The average Bonchev–Trinajstić information content (AvgIpc) is 2.34. The molecule has 1 atom stereocenters. The van der Waals surface area contributed by atoms with Gasteiger partial charge in [0.05, 0.1) is 0 Å². The lowest BCUT2D eigenvalue weighted by Crippen LogP contribution is -2.41. The Hall–Kier alpha value is -1.58. The smallest absolute Gasteiger partial charge is 0.330 e. The minimum absolute atomic E-state index is 0.125. The molecule has 0 aliphatic heterocycles. The van der Waals surface area contributed by atoms with E-state index in [1.807, 2.05) is 27.7 Å². The van der Waals surface area contributed by atoms with E-state index in [-0.39, 0.29) is 30.6 Å². The average molecular weight is 282 g/mol. The molecule has 1 unspecified atom stereocenters. The van der Waals surface area contributed by atoms with Crippen molar-refractivity contribution in [3.8, 4) is 0 Å². The normalized spacial score (nSPS) is 13.9. The number of hydrogen-bond acceptors (Lipinski definition) is 4. The van der Waals surface area contributed by atoms with Gasteiger partial charge in [-0.15, -0.1) is 0 Å². The molecule has 4 heteroatoms. The molecule has 4 nitrogen and oxygen atoms in total. The molecular formula is C16H26O4. The van der Waals surface area contributed by atoms with Gasteiger partial charge in [-0.05, 0) is 19.8 Å². The third kappa shape index (κ3) is 6.55. The molecule has 0 amide bonds. The summed E-state index contributed by atoms with van der Waals surface area (Å²) in [6.45, 7) is 11.5. The lowest BCUT2D eigenvalue weighted by molar-refractivity contribution is -0.159. The summed E-state index contributed by atoms with van der Waals surface area (Å²) in [4.78, 5) is 23.0. The van der Waals surface area contributed by atoms with Crippen LogP contribution < -0.4 is 0 Å². The van der Waals surface area contributed by atoms with Crippen LogP contribution in [0.5, 0.6) is 0 Å². The standard InChI is InChI=1S/C16H26O4/c1-7-9-13(17)19-11-16(5,6)15(12(3)4)20-14(18)10-8-2/h7-10,12,15H,11H2,1-6H3. The van der Waals surface area contributed by atoms with Crippen molar-refractivity contribution >= 4 is 11.9 Å². The second-order valence-electron chi connectivity index (χ2n) is 5.70. The first kappa shape index (κ1) is 18.4. The van der Waals surface area contributed by atoms with Crippen molar-refractivity contribution in [1.82, 2.24) is 0 Å². The number of hydrogen-bond donors (Lipinski definition) is 0. The van der Waals surface area contributed by atoms with Gasteiger partial charge in [-0.2, -0.15) is 0 Å². The molecule has 0 aromatic rings. The summed E-state index contributed by atoms with van der Waals surface area (Å²) in [5.41, 5.74) is -0.456. The van der Waals surface area contributed by atoms with E-state index < -0.39 is 5.41 Å². The van der Waals surface area contributed by atoms with Crippen molar-refractivity contribution < 1.29 is 19.1 Å². The molecule has 0 aromatic carbocycles. The third-order valence-corrected chi connectivity index (χ3v) is 2.81. The number of ether oxygens (including phenoxy) is 2. The Kier molecular flexibility index (Phi) is 7.89. The zero-order valence-electron chi connectivity index (χ0n) is 13.3. The molecule has 0 aliphatic rings.